The lowest BCUT2D eigenvalue weighted by molar-refractivity contribution is -0.0578. The predicted octanol–water partition coefficient (Wildman–Crippen LogP) is -2.62. The SMILES string of the molecule is CO[C@H]1C(OP(O)(=S)OC[C@H]2O[C@@H](n3cnc4c(=O)[nH]c(N)nc43)[C@@H](O)C2O)[C@@H](COP(=O)(O)O)O[C@H]1n1cnc2c(N)ncnc21. The molecule has 0 spiro atoms. The van der Waals surface area contributed by atoms with Crippen LogP contribution >= 0.6 is 14.5 Å². The van der Waals surface area contributed by atoms with Crippen molar-refractivity contribution in [1.82, 2.24) is 39.0 Å². The summed E-state index contributed by atoms with van der Waals surface area (Å²) in [4.78, 5) is 64.3. The summed E-state index contributed by atoms with van der Waals surface area (Å²) in [5.41, 5.74) is 11.2. The van der Waals surface area contributed by atoms with Crippen molar-refractivity contribution in [2.24, 2.45) is 0 Å². The number of nitrogens with two attached hydrogens (primary N) is 2. The second-order valence-electron chi connectivity index (χ2n) is 10.3. The normalized spacial score (nSPS) is 29.6. The molecule has 10 N–H and O–H groups in total. The maximum absolute atomic E-state index is 12.2. The summed E-state index contributed by atoms with van der Waals surface area (Å²) < 4.78 is 47.3. The van der Waals surface area contributed by atoms with Crippen LogP contribution in [0, 0.1) is 0 Å². The number of aromatic nitrogens is 8. The third-order valence-corrected chi connectivity index (χ3v) is 9.39. The van der Waals surface area contributed by atoms with E-state index in [1.54, 1.807) is 0 Å². The summed E-state index contributed by atoms with van der Waals surface area (Å²) in [6.07, 6.45) is -6.94. The van der Waals surface area contributed by atoms with Gasteiger partial charge in [-0.1, -0.05) is 0 Å². The van der Waals surface area contributed by atoms with Crippen molar-refractivity contribution in [3.05, 3.63) is 29.3 Å². The lowest BCUT2D eigenvalue weighted by atomic mass is 10.1. The fraction of sp³-hybridized carbons (Fsp3) is 0.524. The largest absolute Gasteiger partial charge is 0.469 e. The highest BCUT2D eigenvalue weighted by Crippen LogP contribution is 2.51. The van der Waals surface area contributed by atoms with Gasteiger partial charge in [0.25, 0.3) is 5.56 Å². The van der Waals surface area contributed by atoms with Gasteiger partial charge in [0.15, 0.2) is 35.1 Å². The third kappa shape index (κ3) is 6.66. The minimum absolute atomic E-state index is 0.0237. The van der Waals surface area contributed by atoms with Crippen LogP contribution in [0.5, 0.6) is 0 Å². The summed E-state index contributed by atoms with van der Waals surface area (Å²) in [7, 11) is -3.70. The lowest BCUT2D eigenvalue weighted by Gasteiger charge is -2.27. The maximum Gasteiger partial charge on any atom is 0.469 e. The van der Waals surface area contributed by atoms with Gasteiger partial charge >= 0.3 is 14.5 Å². The smallest absolute Gasteiger partial charge is 0.387 e. The Morgan fingerprint density at radius 2 is 1.60 bits per heavy atom. The van der Waals surface area contributed by atoms with Crippen molar-refractivity contribution in [2.45, 2.75) is 49.1 Å². The molecule has 0 bridgehead atoms. The number of hydrogen-bond donors (Lipinski definition) is 8. The quantitative estimate of drug-likeness (QED) is 0.0735. The number of nitrogens with zero attached hydrogens (tertiary/aromatic N) is 7. The molecule has 2 aliphatic rings. The lowest BCUT2D eigenvalue weighted by Crippen LogP contribution is -2.37. The van der Waals surface area contributed by atoms with Crippen LogP contribution < -0.4 is 17.0 Å². The van der Waals surface area contributed by atoms with Gasteiger partial charge < -0.3 is 55.1 Å². The van der Waals surface area contributed by atoms with Crippen LogP contribution in [-0.2, 0) is 44.2 Å². The molecule has 6 heterocycles. The summed E-state index contributed by atoms with van der Waals surface area (Å²) in [5.74, 6) is -0.140. The van der Waals surface area contributed by atoms with Crippen molar-refractivity contribution >= 4 is 60.4 Å². The number of aliphatic hydroxyl groups is 2. The number of anilines is 2. The number of rotatable bonds is 11. The zero-order chi connectivity index (χ0) is 33.8. The molecule has 47 heavy (non-hydrogen) atoms. The van der Waals surface area contributed by atoms with Crippen molar-refractivity contribution in [3.8, 4) is 0 Å². The van der Waals surface area contributed by atoms with Gasteiger partial charge in [-0.15, -0.1) is 0 Å². The molecule has 4 aromatic heterocycles. The highest BCUT2D eigenvalue weighted by Gasteiger charge is 2.51. The predicted molar refractivity (Wildman–Crippen MR) is 158 cm³/mol. The maximum atomic E-state index is 12.2. The van der Waals surface area contributed by atoms with E-state index in [0.29, 0.717) is 0 Å². The van der Waals surface area contributed by atoms with E-state index in [0.717, 1.165) is 0 Å². The van der Waals surface area contributed by atoms with E-state index in [-0.39, 0.29) is 34.1 Å². The van der Waals surface area contributed by atoms with E-state index >= 15 is 0 Å². The van der Waals surface area contributed by atoms with E-state index in [2.05, 4.69) is 34.4 Å². The number of ether oxygens (including phenoxy) is 3. The molecule has 0 saturated carbocycles. The Morgan fingerprint density at radius 3 is 2.30 bits per heavy atom. The Bertz CT molecular complexity index is 1940. The van der Waals surface area contributed by atoms with Crippen LogP contribution in [0.4, 0.5) is 11.8 Å². The van der Waals surface area contributed by atoms with Gasteiger partial charge in [-0.05, 0) is 11.8 Å². The zero-order valence-corrected chi connectivity index (χ0v) is 26.5. The summed E-state index contributed by atoms with van der Waals surface area (Å²) in [6.45, 7) is -5.64. The number of phosphoric acid groups is 1. The number of imidazole rings is 2. The van der Waals surface area contributed by atoms with E-state index in [1.165, 1.54) is 35.2 Å². The van der Waals surface area contributed by atoms with Crippen molar-refractivity contribution in [2.75, 3.05) is 31.8 Å². The van der Waals surface area contributed by atoms with Gasteiger partial charge in [0.05, 0.1) is 25.9 Å². The minimum Gasteiger partial charge on any atom is -0.387 e. The van der Waals surface area contributed by atoms with Crippen LogP contribution in [0.1, 0.15) is 12.5 Å². The second-order valence-corrected chi connectivity index (χ2v) is 14.3. The molecule has 0 radical (unpaired) electrons. The second kappa shape index (κ2) is 12.8. The Hall–Kier alpha value is -3.06. The standard InChI is InChI=1S/C21H28N10O13P2S/c1-39-14-13(8(3-40-45(35,36)37)43-20(14)30-5-26-9-15(22)24-4-25-16(9)30)44-46(38,47)41-2-7-11(32)12(33)19(42-7)31-6-27-10-17(31)28-21(23)29-18(10)34/h4-8,11-14,19-20,32-33H,2-3H2,1H3,(H,38,47)(H2,22,24,25)(H2,35,36,37)(H3,23,28,29,34)/t7-,8-,11?,12+,13?,14+,19-,20-,46?/m1/s1. The van der Waals surface area contributed by atoms with Crippen molar-refractivity contribution in [1.29, 1.82) is 0 Å². The first-order chi connectivity index (χ1) is 22.2. The van der Waals surface area contributed by atoms with E-state index in [9.17, 15) is 34.3 Å². The molecule has 3 unspecified atom stereocenters. The van der Waals surface area contributed by atoms with E-state index < -0.39 is 82.4 Å². The summed E-state index contributed by atoms with van der Waals surface area (Å²) >= 11 is 5.21. The molecule has 0 aromatic carbocycles. The molecular weight excluding hydrogens is 694 g/mol. The minimum atomic E-state index is -4.99. The molecule has 256 valence electrons. The van der Waals surface area contributed by atoms with Crippen molar-refractivity contribution < 1.29 is 57.2 Å². The van der Waals surface area contributed by atoms with Crippen LogP contribution in [0.3, 0.4) is 0 Å². The fourth-order valence-electron chi connectivity index (χ4n) is 5.25. The Balaban J connectivity index is 1.20. The molecule has 2 aliphatic heterocycles. The average molecular weight is 723 g/mol. The Labute approximate surface area is 266 Å². The molecule has 23 nitrogen and oxygen atoms in total. The van der Waals surface area contributed by atoms with Gasteiger partial charge in [-0.2, -0.15) is 4.98 Å². The molecule has 26 heteroatoms. The number of fused-ring (bicyclic) bond motifs is 2. The first kappa shape index (κ1) is 33.8. The topological polar surface area (TPSA) is 333 Å². The number of H-pyrrole nitrogens is 1. The number of aliphatic hydroxyl groups excluding tert-OH is 2. The number of methoxy groups -OCH3 is 1. The first-order valence-electron chi connectivity index (χ1n) is 13.4. The van der Waals surface area contributed by atoms with Crippen LogP contribution in [0.2, 0.25) is 0 Å². The Kier molecular flexibility index (Phi) is 9.18. The summed E-state index contributed by atoms with van der Waals surface area (Å²) in [5, 5.41) is 21.4. The number of nitrogens with one attached hydrogen (secondary N) is 1. The molecular formula is C21H28N10O13P2S. The van der Waals surface area contributed by atoms with Crippen LogP contribution in [-0.4, -0.2) is 121 Å². The number of nitrogen functional groups attached to an aromatic ring is 2. The van der Waals surface area contributed by atoms with Crippen molar-refractivity contribution in [3.63, 3.8) is 0 Å². The van der Waals surface area contributed by atoms with Gasteiger partial charge in [-0.25, -0.2) is 24.5 Å². The average Bonchev–Trinajstić information content (AvgIpc) is 3.75. The highest BCUT2D eigenvalue weighted by atomic mass is 32.5. The monoisotopic (exact) mass is 722 g/mol. The Morgan fingerprint density at radius 1 is 0.936 bits per heavy atom. The first-order valence-corrected chi connectivity index (χ1v) is 17.5. The number of aromatic amines is 1. The fourth-order valence-corrected chi connectivity index (χ4v) is 7.03. The van der Waals surface area contributed by atoms with E-state index in [4.69, 9.17) is 46.5 Å². The van der Waals surface area contributed by atoms with Gasteiger partial charge in [0, 0.05) is 7.11 Å². The summed E-state index contributed by atoms with van der Waals surface area (Å²) in [6, 6.07) is 0. The number of phosphoric ester groups is 1. The highest BCUT2D eigenvalue weighted by molar-refractivity contribution is 8.07. The molecule has 0 aliphatic carbocycles. The molecule has 9 atom stereocenters. The molecule has 2 saturated heterocycles. The molecule has 4 aromatic rings. The van der Waals surface area contributed by atoms with Crippen LogP contribution in [0.25, 0.3) is 22.3 Å². The molecule has 0 amide bonds. The zero-order valence-electron chi connectivity index (χ0n) is 23.9. The van der Waals surface area contributed by atoms with Gasteiger partial charge in [-0.3, -0.25) is 28.0 Å². The van der Waals surface area contributed by atoms with Gasteiger partial charge in [0.2, 0.25) is 5.95 Å². The molecule has 6 rings (SSSR count). The van der Waals surface area contributed by atoms with E-state index in [1.807, 2.05) is 0 Å². The third-order valence-electron chi connectivity index (χ3n) is 7.34. The molecule has 2 fully saturated rings. The van der Waals surface area contributed by atoms with Crippen LogP contribution in [0.15, 0.2) is 23.8 Å². The van der Waals surface area contributed by atoms with Gasteiger partial charge in [0.1, 0.15) is 48.5 Å². The number of hydrogen-bond acceptors (Lipinski definition) is 18.